The van der Waals surface area contributed by atoms with Gasteiger partial charge in [-0.15, -0.1) is 0 Å². The summed E-state index contributed by atoms with van der Waals surface area (Å²) in [7, 11) is 3.18. The molecule has 4 N–H and O–H groups in total. The van der Waals surface area contributed by atoms with Crippen molar-refractivity contribution in [3.8, 4) is 22.6 Å². The SMILES string of the molecule is C=CC(=C)Nc1ccccc1Nc1cc2nc(NC(=O)NC(C)(C)C)c(-c3cc(OC)cc(OC)c3)cc2cn1. The third-order valence-corrected chi connectivity index (χ3v) is 5.81. The number of amides is 2. The molecule has 4 aromatic rings. The number of urea groups is 1. The normalized spacial score (nSPS) is 10.9. The molecule has 9 nitrogen and oxygen atoms in total. The number of fused-ring (bicyclic) bond motifs is 1. The van der Waals surface area contributed by atoms with E-state index in [-0.39, 0.29) is 6.03 Å². The second kappa shape index (κ2) is 11.8. The average molecular weight is 539 g/mol. The molecular formula is C31H34N6O3. The lowest BCUT2D eigenvalue weighted by molar-refractivity contribution is 0.243. The van der Waals surface area contributed by atoms with Gasteiger partial charge in [-0.1, -0.05) is 25.3 Å². The summed E-state index contributed by atoms with van der Waals surface area (Å²) in [5, 5.41) is 13.2. The zero-order valence-corrected chi connectivity index (χ0v) is 23.4. The van der Waals surface area contributed by atoms with Crippen LogP contribution in [0.1, 0.15) is 20.8 Å². The van der Waals surface area contributed by atoms with Gasteiger partial charge in [0.25, 0.3) is 0 Å². The monoisotopic (exact) mass is 538 g/mol. The van der Waals surface area contributed by atoms with Crippen LogP contribution in [0, 0.1) is 0 Å². The minimum atomic E-state index is -0.431. The van der Waals surface area contributed by atoms with E-state index >= 15 is 0 Å². The summed E-state index contributed by atoms with van der Waals surface area (Å²) in [5.41, 5.74) is 3.97. The number of ether oxygens (including phenoxy) is 2. The summed E-state index contributed by atoms with van der Waals surface area (Å²) < 4.78 is 10.9. The molecule has 2 aromatic heterocycles. The van der Waals surface area contributed by atoms with Gasteiger partial charge in [0.15, 0.2) is 0 Å². The van der Waals surface area contributed by atoms with Crippen molar-refractivity contribution >= 4 is 39.9 Å². The van der Waals surface area contributed by atoms with Crippen LogP contribution in [0.15, 0.2) is 85.7 Å². The second-order valence-electron chi connectivity index (χ2n) is 10.1. The van der Waals surface area contributed by atoms with Crippen LogP contribution in [0.4, 0.5) is 27.8 Å². The molecule has 0 aliphatic carbocycles. The molecule has 0 radical (unpaired) electrons. The van der Waals surface area contributed by atoms with Gasteiger partial charge in [0.1, 0.15) is 23.1 Å². The maximum absolute atomic E-state index is 12.9. The highest BCUT2D eigenvalue weighted by molar-refractivity contribution is 5.98. The zero-order chi connectivity index (χ0) is 28.9. The van der Waals surface area contributed by atoms with Crippen LogP contribution >= 0.6 is 0 Å². The summed E-state index contributed by atoms with van der Waals surface area (Å²) >= 11 is 0. The third-order valence-electron chi connectivity index (χ3n) is 5.81. The number of benzene rings is 2. The molecule has 0 spiro atoms. The van der Waals surface area contributed by atoms with E-state index in [0.29, 0.717) is 39.9 Å². The van der Waals surface area contributed by atoms with Crippen molar-refractivity contribution in [2.24, 2.45) is 0 Å². The molecule has 0 aliphatic rings. The average Bonchev–Trinajstić information content (AvgIpc) is 2.92. The van der Waals surface area contributed by atoms with Crippen LogP contribution in [-0.4, -0.2) is 35.8 Å². The van der Waals surface area contributed by atoms with Crippen molar-refractivity contribution in [2.75, 3.05) is 30.2 Å². The van der Waals surface area contributed by atoms with Gasteiger partial charge in [-0.2, -0.15) is 0 Å². The van der Waals surface area contributed by atoms with E-state index in [4.69, 9.17) is 14.5 Å². The maximum atomic E-state index is 12.9. The minimum absolute atomic E-state index is 0.370. The van der Waals surface area contributed by atoms with Crippen molar-refractivity contribution < 1.29 is 14.3 Å². The smallest absolute Gasteiger partial charge is 0.320 e. The van der Waals surface area contributed by atoms with Crippen LogP contribution in [0.25, 0.3) is 22.0 Å². The van der Waals surface area contributed by atoms with E-state index in [1.807, 2.05) is 69.3 Å². The Kier molecular flexibility index (Phi) is 8.23. The fraction of sp³-hybridized carbons (Fsp3) is 0.194. The molecule has 0 atom stereocenters. The standard InChI is InChI=1S/C31H34N6O3/c1-8-19(2)33-25-11-9-10-12-26(25)34-28-17-27-21(18-32-28)15-24(20-13-22(39-6)16-23(14-20)40-7)29(35-27)36-30(38)37-31(3,4)5/h8-18,33H,1-2H2,3-7H3,(H,32,34)(H2,35,36,37,38). The number of para-hydroxylation sites is 2. The van der Waals surface area contributed by atoms with Crippen LogP contribution in [0.2, 0.25) is 0 Å². The molecule has 206 valence electrons. The summed E-state index contributed by atoms with van der Waals surface area (Å²) in [6, 6.07) is 16.6. The number of pyridine rings is 2. The Hall–Kier alpha value is -5.05. The lowest BCUT2D eigenvalue weighted by Gasteiger charge is -2.21. The number of anilines is 4. The summed E-state index contributed by atoms with van der Waals surface area (Å²) in [5.74, 6) is 2.19. The summed E-state index contributed by atoms with van der Waals surface area (Å²) in [6.07, 6.45) is 3.39. The molecule has 4 rings (SSSR count). The first kappa shape index (κ1) is 28.0. The summed E-state index contributed by atoms with van der Waals surface area (Å²) in [6.45, 7) is 13.4. The van der Waals surface area contributed by atoms with Gasteiger partial charge < -0.3 is 25.4 Å². The number of nitrogens with one attached hydrogen (secondary N) is 4. The Labute approximate surface area is 234 Å². The summed E-state index contributed by atoms with van der Waals surface area (Å²) in [4.78, 5) is 22.4. The molecule has 0 bridgehead atoms. The lowest BCUT2D eigenvalue weighted by atomic mass is 10.0. The molecule has 0 saturated carbocycles. The van der Waals surface area contributed by atoms with E-state index in [1.165, 1.54) is 0 Å². The van der Waals surface area contributed by atoms with Crippen LogP contribution in [0.5, 0.6) is 11.5 Å². The Morgan fingerprint density at radius 3 is 2.25 bits per heavy atom. The molecule has 0 fully saturated rings. The van der Waals surface area contributed by atoms with Crippen molar-refractivity contribution in [1.29, 1.82) is 0 Å². The number of methoxy groups -OCH3 is 2. The number of aromatic nitrogens is 2. The Balaban J connectivity index is 1.78. The lowest BCUT2D eigenvalue weighted by Crippen LogP contribution is -2.43. The first-order valence-electron chi connectivity index (χ1n) is 12.7. The number of hydrogen-bond acceptors (Lipinski definition) is 7. The van der Waals surface area contributed by atoms with Crippen LogP contribution in [0.3, 0.4) is 0 Å². The van der Waals surface area contributed by atoms with Gasteiger partial charge in [-0.25, -0.2) is 14.8 Å². The highest BCUT2D eigenvalue weighted by Gasteiger charge is 2.18. The number of rotatable bonds is 9. The minimum Gasteiger partial charge on any atom is -0.497 e. The van der Waals surface area contributed by atoms with Crippen molar-refractivity contribution in [2.45, 2.75) is 26.3 Å². The maximum Gasteiger partial charge on any atom is 0.320 e. The fourth-order valence-electron chi connectivity index (χ4n) is 3.96. The van der Waals surface area contributed by atoms with Gasteiger partial charge >= 0.3 is 6.03 Å². The molecule has 9 heteroatoms. The van der Waals surface area contributed by atoms with Gasteiger partial charge in [-0.3, -0.25) is 5.32 Å². The van der Waals surface area contributed by atoms with E-state index in [9.17, 15) is 4.79 Å². The van der Waals surface area contributed by atoms with E-state index in [1.54, 1.807) is 32.6 Å². The van der Waals surface area contributed by atoms with Gasteiger partial charge in [0.05, 0.1) is 31.1 Å². The largest absolute Gasteiger partial charge is 0.497 e. The molecule has 2 heterocycles. The van der Waals surface area contributed by atoms with Crippen molar-refractivity contribution in [3.63, 3.8) is 0 Å². The zero-order valence-electron chi connectivity index (χ0n) is 23.4. The van der Waals surface area contributed by atoms with E-state index in [2.05, 4.69) is 39.4 Å². The Morgan fingerprint density at radius 2 is 1.62 bits per heavy atom. The highest BCUT2D eigenvalue weighted by Crippen LogP contribution is 2.36. The van der Waals surface area contributed by atoms with Gasteiger partial charge in [0.2, 0.25) is 0 Å². The number of carbonyl (C=O) groups excluding carboxylic acids is 1. The Morgan fingerprint density at radius 1 is 0.950 bits per heavy atom. The highest BCUT2D eigenvalue weighted by atomic mass is 16.5. The van der Waals surface area contributed by atoms with Crippen LogP contribution in [-0.2, 0) is 0 Å². The van der Waals surface area contributed by atoms with Crippen LogP contribution < -0.4 is 30.7 Å². The van der Waals surface area contributed by atoms with Crippen molar-refractivity contribution in [1.82, 2.24) is 15.3 Å². The topological polar surface area (TPSA) is 109 Å². The second-order valence-corrected chi connectivity index (χ2v) is 10.1. The van der Waals surface area contributed by atoms with E-state index < -0.39 is 5.54 Å². The predicted molar refractivity (Wildman–Crippen MR) is 163 cm³/mol. The quantitative estimate of drug-likeness (QED) is 0.168. The number of nitrogens with zero attached hydrogens (tertiary/aromatic N) is 2. The van der Waals surface area contributed by atoms with Crippen molar-refractivity contribution in [3.05, 3.63) is 85.7 Å². The molecule has 0 aliphatic heterocycles. The Bertz CT molecular complexity index is 1550. The molecule has 40 heavy (non-hydrogen) atoms. The number of hydrogen-bond donors (Lipinski definition) is 4. The molecule has 0 saturated heterocycles. The number of carbonyl (C=O) groups is 1. The molecule has 2 aromatic carbocycles. The molecular weight excluding hydrogens is 504 g/mol. The van der Waals surface area contributed by atoms with Gasteiger partial charge in [0, 0.05) is 40.5 Å². The first-order valence-corrected chi connectivity index (χ1v) is 12.7. The molecule has 0 unspecified atom stereocenters. The fourth-order valence-corrected chi connectivity index (χ4v) is 3.96. The van der Waals surface area contributed by atoms with Gasteiger partial charge in [-0.05, 0) is 62.7 Å². The number of allylic oxidation sites excluding steroid dienone is 1. The predicted octanol–water partition coefficient (Wildman–Crippen LogP) is 7.09. The van der Waals surface area contributed by atoms with E-state index in [0.717, 1.165) is 22.3 Å². The molecule has 2 amide bonds. The first-order chi connectivity index (χ1) is 19.1. The third kappa shape index (κ3) is 6.87.